The summed E-state index contributed by atoms with van der Waals surface area (Å²) in [7, 11) is 3.93. The number of rotatable bonds is 8. The van der Waals surface area contributed by atoms with Gasteiger partial charge in [0.25, 0.3) is 0 Å². The van der Waals surface area contributed by atoms with E-state index in [9.17, 15) is 9.59 Å². The van der Waals surface area contributed by atoms with E-state index in [2.05, 4.69) is 19.2 Å². The number of amides is 2. The Morgan fingerprint density at radius 3 is 2.10 bits per heavy atom. The Bertz CT molecular complexity index is 319. The molecule has 20 heavy (non-hydrogen) atoms. The summed E-state index contributed by atoms with van der Waals surface area (Å²) in [5.41, 5.74) is 0. The molecule has 0 aromatic rings. The lowest BCUT2D eigenvalue weighted by Gasteiger charge is -2.32. The molecule has 0 aliphatic rings. The highest BCUT2D eigenvalue weighted by Crippen LogP contribution is 2.08. The second-order valence-electron chi connectivity index (χ2n) is 5.80. The van der Waals surface area contributed by atoms with Gasteiger partial charge in [-0.15, -0.1) is 0 Å². The van der Waals surface area contributed by atoms with Crippen molar-refractivity contribution < 1.29 is 14.7 Å². The highest BCUT2D eigenvalue weighted by Gasteiger charge is 2.24. The van der Waals surface area contributed by atoms with Crippen molar-refractivity contribution in [3.05, 3.63) is 0 Å². The number of hydrogen-bond acceptors (Lipinski definition) is 3. The van der Waals surface area contributed by atoms with Crippen molar-refractivity contribution in [3.8, 4) is 0 Å². The minimum atomic E-state index is -0.891. The van der Waals surface area contributed by atoms with Gasteiger partial charge in [-0.2, -0.15) is 0 Å². The molecule has 0 radical (unpaired) electrons. The summed E-state index contributed by atoms with van der Waals surface area (Å²) in [5, 5.41) is 11.8. The Morgan fingerprint density at radius 1 is 1.20 bits per heavy atom. The van der Waals surface area contributed by atoms with Gasteiger partial charge in [-0.1, -0.05) is 13.8 Å². The van der Waals surface area contributed by atoms with Crippen LogP contribution in [-0.2, 0) is 4.79 Å². The van der Waals surface area contributed by atoms with Crippen LogP contribution >= 0.6 is 0 Å². The average Bonchev–Trinajstić information content (AvgIpc) is 2.26. The average molecular weight is 287 g/mol. The zero-order chi connectivity index (χ0) is 15.9. The standard InChI is InChI=1S/C14H29N3O3/c1-7-17(11(4)8-13(18)19)14(20)15-12(10(2)3)9-16(5)6/h10-12H,7-9H2,1-6H3,(H,15,20)(H,18,19). The zero-order valence-electron chi connectivity index (χ0n) is 13.5. The summed E-state index contributed by atoms with van der Waals surface area (Å²) in [6, 6.07) is -0.463. The fourth-order valence-electron chi connectivity index (χ4n) is 2.08. The first-order chi connectivity index (χ1) is 9.18. The van der Waals surface area contributed by atoms with Crippen LogP contribution in [0.2, 0.25) is 0 Å². The van der Waals surface area contributed by atoms with Crippen LogP contribution in [0.3, 0.4) is 0 Å². The molecule has 2 N–H and O–H groups in total. The second kappa shape index (κ2) is 8.79. The first-order valence-corrected chi connectivity index (χ1v) is 7.12. The van der Waals surface area contributed by atoms with Crippen molar-refractivity contribution >= 4 is 12.0 Å². The van der Waals surface area contributed by atoms with Crippen molar-refractivity contribution in [1.82, 2.24) is 15.1 Å². The number of carbonyl (C=O) groups is 2. The van der Waals surface area contributed by atoms with Crippen LogP contribution in [0.1, 0.15) is 34.1 Å². The van der Waals surface area contributed by atoms with E-state index in [-0.39, 0.29) is 24.5 Å². The van der Waals surface area contributed by atoms with Crippen LogP contribution in [-0.4, -0.2) is 66.2 Å². The van der Waals surface area contributed by atoms with Gasteiger partial charge < -0.3 is 20.2 Å². The number of aliphatic carboxylic acids is 1. The molecule has 2 amide bonds. The predicted molar refractivity (Wildman–Crippen MR) is 79.8 cm³/mol. The molecule has 0 aromatic heterocycles. The van der Waals surface area contributed by atoms with Crippen molar-refractivity contribution in [1.29, 1.82) is 0 Å². The van der Waals surface area contributed by atoms with E-state index in [0.29, 0.717) is 12.5 Å². The number of carboxylic acids is 1. The fourth-order valence-corrected chi connectivity index (χ4v) is 2.08. The SMILES string of the molecule is CCN(C(=O)NC(CN(C)C)C(C)C)C(C)CC(=O)O. The summed E-state index contributed by atoms with van der Waals surface area (Å²) in [5.74, 6) is -0.577. The smallest absolute Gasteiger partial charge is 0.317 e. The molecule has 0 spiro atoms. The molecule has 2 unspecified atom stereocenters. The number of nitrogens with one attached hydrogen (secondary N) is 1. The van der Waals surface area contributed by atoms with Crippen molar-refractivity contribution in [3.63, 3.8) is 0 Å². The number of carboxylic acid groups (broad SMARTS) is 1. The van der Waals surface area contributed by atoms with Crippen LogP contribution in [0.5, 0.6) is 0 Å². The van der Waals surface area contributed by atoms with E-state index >= 15 is 0 Å². The van der Waals surface area contributed by atoms with E-state index in [4.69, 9.17) is 5.11 Å². The predicted octanol–water partition coefficient (Wildman–Crippen LogP) is 1.47. The number of likely N-dealkylation sites (N-methyl/N-ethyl adjacent to an activating group) is 1. The summed E-state index contributed by atoms with van der Waals surface area (Å²) in [6.45, 7) is 8.99. The van der Waals surface area contributed by atoms with E-state index in [1.807, 2.05) is 25.9 Å². The molecule has 0 saturated carbocycles. The molecular weight excluding hydrogens is 258 g/mol. The number of hydrogen-bond donors (Lipinski definition) is 2. The number of urea groups is 1. The van der Waals surface area contributed by atoms with Crippen LogP contribution in [0.25, 0.3) is 0 Å². The lowest BCUT2D eigenvalue weighted by Crippen LogP contribution is -2.52. The molecule has 0 saturated heterocycles. The first kappa shape index (κ1) is 18.7. The number of nitrogens with zero attached hydrogens (tertiary/aromatic N) is 2. The molecule has 0 rings (SSSR count). The summed E-state index contributed by atoms with van der Waals surface area (Å²) < 4.78 is 0. The Morgan fingerprint density at radius 2 is 1.75 bits per heavy atom. The molecule has 0 aromatic carbocycles. The van der Waals surface area contributed by atoms with Crippen LogP contribution in [0.4, 0.5) is 4.79 Å². The highest BCUT2D eigenvalue weighted by atomic mass is 16.4. The molecule has 0 heterocycles. The fraction of sp³-hybridized carbons (Fsp3) is 0.857. The van der Waals surface area contributed by atoms with Gasteiger partial charge in [0, 0.05) is 25.2 Å². The normalized spacial score (nSPS) is 14.2. The zero-order valence-corrected chi connectivity index (χ0v) is 13.5. The molecule has 0 bridgehead atoms. The minimum absolute atomic E-state index is 0.0404. The summed E-state index contributed by atoms with van der Waals surface area (Å²) in [4.78, 5) is 26.7. The van der Waals surface area contributed by atoms with Crippen molar-refractivity contribution in [2.45, 2.75) is 46.2 Å². The first-order valence-electron chi connectivity index (χ1n) is 7.12. The topological polar surface area (TPSA) is 72.9 Å². The third-order valence-corrected chi connectivity index (χ3v) is 3.28. The molecule has 118 valence electrons. The molecule has 6 nitrogen and oxygen atoms in total. The molecule has 0 aliphatic heterocycles. The van der Waals surface area contributed by atoms with Gasteiger partial charge in [-0.05, 0) is 33.9 Å². The van der Waals surface area contributed by atoms with Gasteiger partial charge in [0.05, 0.1) is 6.42 Å². The lowest BCUT2D eigenvalue weighted by atomic mass is 10.0. The third kappa shape index (κ3) is 6.75. The van der Waals surface area contributed by atoms with E-state index < -0.39 is 5.97 Å². The Kier molecular flexibility index (Phi) is 8.22. The van der Waals surface area contributed by atoms with Gasteiger partial charge in [-0.25, -0.2) is 4.79 Å². The van der Waals surface area contributed by atoms with E-state index in [1.54, 1.807) is 11.8 Å². The van der Waals surface area contributed by atoms with Gasteiger partial charge in [0.15, 0.2) is 0 Å². The second-order valence-corrected chi connectivity index (χ2v) is 5.80. The minimum Gasteiger partial charge on any atom is -0.481 e. The van der Waals surface area contributed by atoms with E-state index in [1.165, 1.54) is 0 Å². The van der Waals surface area contributed by atoms with Crippen molar-refractivity contribution in [2.24, 2.45) is 5.92 Å². The monoisotopic (exact) mass is 287 g/mol. The Labute approximate surface area is 122 Å². The van der Waals surface area contributed by atoms with Gasteiger partial charge >= 0.3 is 12.0 Å². The molecule has 0 aliphatic carbocycles. The largest absolute Gasteiger partial charge is 0.481 e. The maximum absolute atomic E-state index is 12.3. The maximum atomic E-state index is 12.3. The van der Waals surface area contributed by atoms with Gasteiger partial charge in [-0.3, -0.25) is 4.79 Å². The van der Waals surface area contributed by atoms with Crippen LogP contribution in [0, 0.1) is 5.92 Å². The van der Waals surface area contributed by atoms with Gasteiger partial charge in [0.1, 0.15) is 0 Å². The van der Waals surface area contributed by atoms with Gasteiger partial charge in [0.2, 0.25) is 0 Å². The van der Waals surface area contributed by atoms with Crippen LogP contribution in [0.15, 0.2) is 0 Å². The summed E-state index contributed by atoms with van der Waals surface area (Å²) in [6.07, 6.45) is -0.0404. The molecule has 2 atom stereocenters. The lowest BCUT2D eigenvalue weighted by molar-refractivity contribution is -0.138. The van der Waals surface area contributed by atoms with Crippen molar-refractivity contribution in [2.75, 3.05) is 27.2 Å². The molecular formula is C14H29N3O3. The number of carbonyl (C=O) groups excluding carboxylic acids is 1. The quantitative estimate of drug-likeness (QED) is 0.709. The third-order valence-electron chi connectivity index (χ3n) is 3.28. The molecule has 0 fully saturated rings. The summed E-state index contributed by atoms with van der Waals surface area (Å²) >= 11 is 0. The van der Waals surface area contributed by atoms with Crippen LogP contribution < -0.4 is 5.32 Å². The Balaban J connectivity index is 4.69. The Hall–Kier alpha value is -1.30. The van der Waals surface area contributed by atoms with E-state index in [0.717, 1.165) is 6.54 Å². The highest BCUT2D eigenvalue weighted by molar-refractivity contribution is 5.76. The molecule has 6 heteroatoms. The maximum Gasteiger partial charge on any atom is 0.317 e.